The number of hydrogen-bond acceptors (Lipinski definition) is 2. The van der Waals surface area contributed by atoms with Crippen molar-refractivity contribution in [3.05, 3.63) is 101 Å². The first-order valence-electron chi connectivity index (χ1n) is 9.53. The highest BCUT2D eigenvalue weighted by atomic mass is 19.1. The van der Waals surface area contributed by atoms with Crippen molar-refractivity contribution >= 4 is 17.5 Å². The number of benzene rings is 3. The number of fused-ring (bicyclic) bond motifs is 1. The minimum Gasteiger partial charge on any atom is -0.327 e. The minimum absolute atomic E-state index is 0.0388. The summed E-state index contributed by atoms with van der Waals surface area (Å²) < 4.78 is 13.9. The third-order valence-corrected chi connectivity index (χ3v) is 5.21. The van der Waals surface area contributed by atoms with Crippen LogP contribution in [0.15, 0.2) is 72.8 Å². The Labute approximate surface area is 169 Å². The summed E-state index contributed by atoms with van der Waals surface area (Å²) in [5, 5.41) is 2.63. The summed E-state index contributed by atoms with van der Waals surface area (Å²) in [6.07, 6.45) is 0.0388. The van der Waals surface area contributed by atoms with Gasteiger partial charge in [-0.3, -0.25) is 9.59 Å². The second-order valence-electron chi connectivity index (χ2n) is 7.25. The van der Waals surface area contributed by atoms with E-state index in [1.165, 1.54) is 12.1 Å². The maximum absolute atomic E-state index is 13.9. The standard InChI is InChI=1S/C24H21FN2O2/c1-16-10-12-17(13-11-16)22(14-23(28)26-21-9-5-4-8-20(21)25)27-15-18-6-2-3-7-19(18)24(27)29/h2-13,22H,14-15H2,1H3,(H,26,28)/t22-/m0/s1. The van der Waals surface area contributed by atoms with Crippen molar-refractivity contribution in [2.45, 2.75) is 25.9 Å². The number of carbonyl (C=O) groups is 2. The summed E-state index contributed by atoms with van der Waals surface area (Å²) in [6.45, 7) is 2.43. The van der Waals surface area contributed by atoms with Crippen molar-refractivity contribution in [2.75, 3.05) is 5.32 Å². The van der Waals surface area contributed by atoms with Crippen molar-refractivity contribution in [3.8, 4) is 0 Å². The van der Waals surface area contributed by atoms with Crippen LogP contribution in [0.1, 0.15) is 39.5 Å². The molecule has 0 bridgehead atoms. The molecule has 146 valence electrons. The third-order valence-electron chi connectivity index (χ3n) is 5.21. The zero-order chi connectivity index (χ0) is 20.4. The number of carbonyl (C=O) groups excluding carboxylic acids is 2. The number of nitrogens with one attached hydrogen (secondary N) is 1. The lowest BCUT2D eigenvalue weighted by atomic mass is 10.00. The smallest absolute Gasteiger partial charge is 0.255 e. The molecule has 0 saturated carbocycles. The lowest BCUT2D eigenvalue weighted by molar-refractivity contribution is -0.117. The van der Waals surface area contributed by atoms with E-state index in [9.17, 15) is 14.0 Å². The zero-order valence-corrected chi connectivity index (χ0v) is 16.1. The van der Waals surface area contributed by atoms with E-state index < -0.39 is 11.9 Å². The highest BCUT2D eigenvalue weighted by Gasteiger charge is 2.34. The maximum atomic E-state index is 13.9. The van der Waals surface area contributed by atoms with Gasteiger partial charge in [0.15, 0.2) is 0 Å². The van der Waals surface area contributed by atoms with Crippen molar-refractivity contribution in [2.24, 2.45) is 0 Å². The van der Waals surface area contributed by atoms with Gasteiger partial charge in [-0.2, -0.15) is 0 Å². The number of anilines is 1. The normalized spacial score (nSPS) is 13.9. The number of halogens is 1. The van der Waals surface area contributed by atoms with Crippen LogP contribution >= 0.6 is 0 Å². The molecule has 1 heterocycles. The molecule has 5 heteroatoms. The van der Waals surface area contributed by atoms with E-state index in [1.807, 2.05) is 55.5 Å². The van der Waals surface area contributed by atoms with Crippen LogP contribution in [-0.2, 0) is 11.3 Å². The molecule has 0 aromatic heterocycles. The number of para-hydroxylation sites is 1. The fourth-order valence-electron chi connectivity index (χ4n) is 3.66. The van der Waals surface area contributed by atoms with Gasteiger partial charge >= 0.3 is 0 Å². The Balaban J connectivity index is 1.61. The molecule has 0 unspecified atom stereocenters. The van der Waals surface area contributed by atoms with Crippen LogP contribution in [0.3, 0.4) is 0 Å². The molecule has 4 nitrogen and oxygen atoms in total. The van der Waals surface area contributed by atoms with Gasteiger partial charge < -0.3 is 10.2 Å². The molecule has 0 fully saturated rings. The van der Waals surface area contributed by atoms with E-state index in [0.29, 0.717) is 12.1 Å². The topological polar surface area (TPSA) is 49.4 Å². The van der Waals surface area contributed by atoms with E-state index in [-0.39, 0.29) is 23.9 Å². The minimum atomic E-state index is -0.489. The fraction of sp³-hybridized carbons (Fsp3) is 0.167. The maximum Gasteiger partial charge on any atom is 0.255 e. The lowest BCUT2D eigenvalue weighted by Gasteiger charge is -2.28. The highest BCUT2D eigenvalue weighted by molar-refractivity contribution is 5.99. The monoisotopic (exact) mass is 388 g/mol. The molecule has 2 amide bonds. The number of hydrogen-bond donors (Lipinski definition) is 1. The van der Waals surface area contributed by atoms with Crippen LogP contribution in [0, 0.1) is 12.7 Å². The van der Waals surface area contributed by atoms with Crippen LogP contribution < -0.4 is 5.32 Å². The lowest BCUT2D eigenvalue weighted by Crippen LogP contribution is -2.32. The van der Waals surface area contributed by atoms with Crippen molar-refractivity contribution in [3.63, 3.8) is 0 Å². The van der Waals surface area contributed by atoms with Crippen LogP contribution in [0.2, 0.25) is 0 Å². The van der Waals surface area contributed by atoms with Gasteiger partial charge in [0, 0.05) is 12.1 Å². The summed E-state index contributed by atoms with van der Waals surface area (Å²) in [6, 6.07) is 20.9. The quantitative estimate of drug-likeness (QED) is 0.679. The van der Waals surface area contributed by atoms with Crippen LogP contribution in [0.5, 0.6) is 0 Å². The Morgan fingerprint density at radius 2 is 1.72 bits per heavy atom. The van der Waals surface area contributed by atoms with Gasteiger partial charge in [0.1, 0.15) is 5.82 Å². The number of amides is 2. The molecule has 0 aliphatic carbocycles. The molecule has 1 aliphatic heterocycles. The van der Waals surface area contributed by atoms with Gasteiger partial charge in [-0.05, 0) is 36.2 Å². The molecule has 4 rings (SSSR count). The Morgan fingerprint density at radius 1 is 1.03 bits per heavy atom. The van der Waals surface area contributed by atoms with Gasteiger partial charge in [0.25, 0.3) is 5.91 Å². The molecule has 0 spiro atoms. The summed E-state index contributed by atoms with van der Waals surface area (Å²) in [5.74, 6) is -0.924. The van der Waals surface area contributed by atoms with Gasteiger partial charge in [0.05, 0.1) is 18.2 Å². The van der Waals surface area contributed by atoms with Crippen molar-refractivity contribution in [1.82, 2.24) is 4.90 Å². The first-order valence-corrected chi connectivity index (χ1v) is 9.53. The third kappa shape index (κ3) is 3.90. The second-order valence-corrected chi connectivity index (χ2v) is 7.25. The van der Waals surface area contributed by atoms with Gasteiger partial charge in [-0.1, -0.05) is 60.2 Å². The van der Waals surface area contributed by atoms with E-state index in [0.717, 1.165) is 16.7 Å². The molecular formula is C24H21FN2O2. The molecule has 3 aromatic rings. The first-order chi connectivity index (χ1) is 14.0. The Hall–Kier alpha value is -3.47. The van der Waals surface area contributed by atoms with Crippen molar-refractivity contribution in [1.29, 1.82) is 0 Å². The Morgan fingerprint density at radius 3 is 2.45 bits per heavy atom. The van der Waals surface area contributed by atoms with Gasteiger partial charge in [-0.25, -0.2) is 4.39 Å². The molecule has 0 saturated heterocycles. The Bertz CT molecular complexity index is 1060. The van der Waals surface area contributed by atoms with E-state index in [4.69, 9.17) is 0 Å². The number of rotatable bonds is 5. The summed E-state index contributed by atoms with van der Waals surface area (Å²) in [7, 11) is 0. The fourth-order valence-corrected chi connectivity index (χ4v) is 3.66. The largest absolute Gasteiger partial charge is 0.327 e. The molecule has 1 aliphatic rings. The van der Waals surface area contributed by atoms with E-state index in [2.05, 4.69) is 5.32 Å². The average Bonchev–Trinajstić information content (AvgIpc) is 3.05. The van der Waals surface area contributed by atoms with Crippen LogP contribution in [-0.4, -0.2) is 16.7 Å². The van der Waals surface area contributed by atoms with Crippen LogP contribution in [0.25, 0.3) is 0 Å². The predicted molar refractivity (Wildman–Crippen MR) is 110 cm³/mol. The van der Waals surface area contributed by atoms with Gasteiger partial charge in [-0.15, -0.1) is 0 Å². The van der Waals surface area contributed by atoms with Crippen LogP contribution in [0.4, 0.5) is 10.1 Å². The van der Waals surface area contributed by atoms with Crippen molar-refractivity contribution < 1.29 is 14.0 Å². The number of aryl methyl sites for hydroxylation is 1. The summed E-state index contributed by atoms with van der Waals surface area (Å²) in [5.41, 5.74) is 3.72. The molecule has 1 N–H and O–H groups in total. The predicted octanol–water partition coefficient (Wildman–Crippen LogP) is 4.86. The SMILES string of the molecule is Cc1ccc([C@H](CC(=O)Nc2ccccc2F)N2Cc3ccccc3C2=O)cc1. The summed E-state index contributed by atoms with van der Waals surface area (Å²) >= 11 is 0. The molecule has 0 radical (unpaired) electrons. The van der Waals surface area contributed by atoms with E-state index >= 15 is 0 Å². The molecule has 1 atom stereocenters. The molecular weight excluding hydrogens is 367 g/mol. The Kier molecular flexibility index (Phi) is 5.12. The van der Waals surface area contributed by atoms with E-state index in [1.54, 1.807) is 17.0 Å². The second kappa shape index (κ2) is 7.87. The van der Waals surface area contributed by atoms with Gasteiger partial charge in [0.2, 0.25) is 5.91 Å². The number of nitrogens with zero attached hydrogens (tertiary/aromatic N) is 1. The highest BCUT2D eigenvalue weighted by Crippen LogP contribution is 2.34. The molecule has 3 aromatic carbocycles. The first kappa shape index (κ1) is 18.9. The summed E-state index contributed by atoms with van der Waals surface area (Å²) in [4.78, 5) is 27.5. The molecule has 29 heavy (non-hydrogen) atoms. The zero-order valence-electron chi connectivity index (χ0n) is 16.1. The average molecular weight is 388 g/mol.